The summed E-state index contributed by atoms with van der Waals surface area (Å²) in [5, 5.41) is 4.20. The molecular formula is C10H19N3. The topological polar surface area (TPSA) is 43.8 Å². The van der Waals surface area contributed by atoms with Gasteiger partial charge in [0.15, 0.2) is 0 Å². The molecule has 13 heavy (non-hydrogen) atoms. The molecule has 0 aliphatic rings. The second-order valence-electron chi connectivity index (χ2n) is 3.81. The molecule has 0 spiro atoms. The Hall–Kier alpha value is -0.830. The van der Waals surface area contributed by atoms with Gasteiger partial charge < -0.3 is 5.73 Å². The Bertz CT molecular complexity index is 252. The average Bonchev–Trinajstić information content (AvgIpc) is 2.49. The van der Waals surface area contributed by atoms with Gasteiger partial charge in [0, 0.05) is 18.8 Å². The van der Waals surface area contributed by atoms with Crippen LogP contribution in [0.3, 0.4) is 0 Å². The van der Waals surface area contributed by atoms with E-state index in [4.69, 9.17) is 5.73 Å². The van der Waals surface area contributed by atoms with E-state index in [-0.39, 0.29) is 6.04 Å². The van der Waals surface area contributed by atoms with Crippen molar-refractivity contribution >= 4 is 0 Å². The molecule has 0 aromatic carbocycles. The van der Waals surface area contributed by atoms with Crippen molar-refractivity contribution in [2.24, 2.45) is 11.7 Å². The lowest BCUT2D eigenvalue weighted by molar-refractivity contribution is 0.474. The van der Waals surface area contributed by atoms with E-state index in [9.17, 15) is 0 Å². The van der Waals surface area contributed by atoms with Gasteiger partial charge in [-0.25, -0.2) is 0 Å². The number of nitrogens with two attached hydrogens (primary N) is 1. The Balaban J connectivity index is 2.69. The fourth-order valence-electron chi connectivity index (χ4n) is 1.55. The Morgan fingerprint density at radius 2 is 2.23 bits per heavy atom. The molecule has 0 aliphatic carbocycles. The van der Waals surface area contributed by atoms with Crippen LogP contribution in [-0.4, -0.2) is 9.78 Å². The fourth-order valence-corrected chi connectivity index (χ4v) is 1.55. The molecule has 1 atom stereocenters. The number of hydrogen-bond donors (Lipinski definition) is 1. The molecule has 0 saturated heterocycles. The molecule has 0 amide bonds. The zero-order valence-corrected chi connectivity index (χ0v) is 8.70. The van der Waals surface area contributed by atoms with Crippen LogP contribution in [-0.2, 0) is 6.54 Å². The molecule has 0 radical (unpaired) electrons. The number of aryl methyl sites for hydroxylation is 1. The standard InChI is InChI=1S/C10H19N3/c1-4-13-10(5-6-12-13)9(11)7-8(2)3/h5-6,8-9H,4,7,11H2,1-3H3. The molecule has 0 fully saturated rings. The van der Waals surface area contributed by atoms with Crippen LogP contribution in [0.2, 0.25) is 0 Å². The van der Waals surface area contributed by atoms with Crippen molar-refractivity contribution in [1.29, 1.82) is 0 Å². The maximum Gasteiger partial charge on any atom is 0.0551 e. The summed E-state index contributed by atoms with van der Waals surface area (Å²) in [6.45, 7) is 7.35. The molecule has 1 unspecified atom stereocenters. The summed E-state index contributed by atoms with van der Waals surface area (Å²) in [4.78, 5) is 0. The van der Waals surface area contributed by atoms with E-state index < -0.39 is 0 Å². The zero-order valence-electron chi connectivity index (χ0n) is 8.70. The first-order valence-electron chi connectivity index (χ1n) is 4.92. The quantitative estimate of drug-likeness (QED) is 0.771. The van der Waals surface area contributed by atoms with Gasteiger partial charge in [-0.15, -0.1) is 0 Å². The molecule has 1 aromatic rings. The van der Waals surface area contributed by atoms with E-state index in [1.54, 1.807) is 0 Å². The minimum Gasteiger partial charge on any atom is -0.323 e. The van der Waals surface area contributed by atoms with Crippen LogP contribution in [0.5, 0.6) is 0 Å². The second kappa shape index (κ2) is 4.42. The molecule has 0 aliphatic heterocycles. The van der Waals surface area contributed by atoms with Gasteiger partial charge in [0.1, 0.15) is 0 Å². The molecule has 1 aromatic heterocycles. The Kier molecular flexibility index (Phi) is 3.48. The predicted molar refractivity (Wildman–Crippen MR) is 54.3 cm³/mol. The molecule has 74 valence electrons. The van der Waals surface area contributed by atoms with E-state index in [1.165, 1.54) is 0 Å². The van der Waals surface area contributed by atoms with Crippen LogP contribution in [0.15, 0.2) is 12.3 Å². The van der Waals surface area contributed by atoms with Gasteiger partial charge in [-0.05, 0) is 25.3 Å². The van der Waals surface area contributed by atoms with Crippen molar-refractivity contribution in [3.8, 4) is 0 Å². The van der Waals surface area contributed by atoms with Crippen molar-refractivity contribution in [3.05, 3.63) is 18.0 Å². The van der Waals surface area contributed by atoms with Crippen molar-refractivity contribution in [2.45, 2.75) is 39.8 Å². The highest BCUT2D eigenvalue weighted by Crippen LogP contribution is 2.17. The van der Waals surface area contributed by atoms with Gasteiger partial charge in [-0.1, -0.05) is 13.8 Å². The highest BCUT2D eigenvalue weighted by atomic mass is 15.3. The van der Waals surface area contributed by atoms with Crippen molar-refractivity contribution in [3.63, 3.8) is 0 Å². The van der Waals surface area contributed by atoms with Crippen LogP contribution >= 0.6 is 0 Å². The maximum atomic E-state index is 6.06. The van der Waals surface area contributed by atoms with Crippen LogP contribution in [0.25, 0.3) is 0 Å². The predicted octanol–water partition coefficient (Wildman–Crippen LogP) is 1.95. The monoisotopic (exact) mass is 181 g/mol. The van der Waals surface area contributed by atoms with Gasteiger partial charge in [0.2, 0.25) is 0 Å². The first kappa shape index (κ1) is 10.3. The highest BCUT2D eigenvalue weighted by molar-refractivity contribution is 5.06. The van der Waals surface area contributed by atoms with E-state index in [2.05, 4.69) is 25.9 Å². The van der Waals surface area contributed by atoms with Gasteiger partial charge in [0.05, 0.1) is 5.69 Å². The van der Waals surface area contributed by atoms with Gasteiger partial charge in [0.25, 0.3) is 0 Å². The SMILES string of the molecule is CCn1nccc1C(N)CC(C)C. The molecule has 3 heteroatoms. The van der Waals surface area contributed by atoms with Crippen molar-refractivity contribution < 1.29 is 0 Å². The van der Waals surface area contributed by atoms with Gasteiger partial charge in [-0.3, -0.25) is 4.68 Å². The van der Waals surface area contributed by atoms with Gasteiger partial charge >= 0.3 is 0 Å². The lowest BCUT2D eigenvalue weighted by atomic mass is 10.0. The third-order valence-electron chi connectivity index (χ3n) is 2.15. The zero-order chi connectivity index (χ0) is 9.84. The molecule has 0 saturated carbocycles. The van der Waals surface area contributed by atoms with Crippen LogP contribution in [0.4, 0.5) is 0 Å². The summed E-state index contributed by atoms with van der Waals surface area (Å²) in [6, 6.07) is 2.14. The highest BCUT2D eigenvalue weighted by Gasteiger charge is 2.11. The molecule has 1 heterocycles. The minimum absolute atomic E-state index is 0.127. The summed E-state index contributed by atoms with van der Waals surface area (Å²) < 4.78 is 1.97. The van der Waals surface area contributed by atoms with E-state index in [1.807, 2.05) is 16.9 Å². The van der Waals surface area contributed by atoms with E-state index >= 15 is 0 Å². The third kappa shape index (κ3) is 2.56. The Morgan fingerprint density at radius 1 is 1.54 bits per heavy atom. The van der Waals surface area contributed by atoms with Crippen molar-refractivity contribution in [1.82, 2.24) is 9.78 Å². The minimum atomic E-state index is 0.127. The van der Waals surface area contributed by atoms with Crippen molar-refractivity contribution in [2.75, 3.05) is 0 Å². The molecule has 3 nitrogen and oxygen atoms in total. The summed E-state index contributed by atoms with van der Waals surface area (Å²) in [6.07, 6.45) is 2.84. The molecule has 2 N–H and O–H groups in total. The molecular weight excluding hydrogens is 162 g/mol. The largest absolute Gasteiger partial charge is 0.323 e. The normalized spacial score (nSPS) is 13.6. The summed E-state index contributed by atoms with van der Waals surface area (Å²) >= 11 is 0. The molecule has 0 bridgehead atoms. The first-order valence-corrected chi connectivity index (χ1v) is 4.92. The van der Waals surface area contributed by atoms with Gasteiger partial charge in [-0.2, -0.15) is 5.10 Å². The summed E-state index contributed by atoms with van der Waals surface area (Å²) in [5.74, 6) is 0.634. The first-order chi connectivity index (χ1) is 6.15. The van der Waals surface area contributed by atoms with Crippen LogP contribution in [0, 0.1) is 5.92 Å². The number of hydrogen-bond acceptors (Lipinski definition) is 2. The molecule has 1 rings (SSSR count). The lowest BCUT2D eigenvalue weighted by Gasteiger charge is -2.15. The number of aromatic nitrogens is 2. The average molecular weight is 181 g/mol. The maximum absolute atomic E-state index is 6.06. The Labute approximate surface area is 79.9 Å². The third-order valence-corrected chi connectivity index (χ3v) is 2.15. The number of rotatable bonds is 4. The summed E-state index contributed by atoms with van der Waals surface area (Å²) in [5.41, 5.74) is 7.21. The second-order valence-corrected chi connectivity index (χ2v) is 3.81. The Morgan fingerprint density at radius 3 is 2.77 bits per heavy atom. The fraction of sp³-hybridized carbons (Fsp3) is 0.700. The van der Waals surface area contributed by atoms with E-state index in [0.717, 1.165) is 18.7 Å². The van der Waals surface area contributed by atoms with E-state index in [0.29, 0.717) is 5.92 Å². The lowest BCUT2D eigenvalue weighted by Crippen LogP contribution is -2.17. The van der Waals surface area contributed by atoms with Crippen LogP contribution < -0.4 is 5.73 Å². The summed E-state index contributed by atoms with van der Waals surface area (Å²) in [7, 11) is 0. The van der Waals surface area contributed by atoms with Crippen LogP contribution in [0.1, 0.15) is 38.9 Å². The number of nitrogens with zero attached hydrogens (tertiary/aromatic N) is 2. The smallest absolute Gasteiger partial charge is 0.0551 e.